The standard InChI is InChI=1S/C24H31NO4/c1-2-28-21-10-12-22(13-11-21)29-16-6-9-23(26)25-19-24(14-17-27-18-15-24)20-7-4-3-5-8-20/h3-5,7-8,10-13H,2,6,9,14-19H2,1H3,(H,25,26). The molecule has 1 amide bonds. The monoisotopic (exact) mass is 397 g/mol. The maximum absolute atomic E-state index is 12.4. The average molecular weight is 398 g/mol. The molecule has 1 aliphatic heterocycles. The molecular weight excluding hydrogens is 366 g/mol. The molecule has 0 atom stereocenters. The fraction of sp³-hybridized carbons (Fsp3) is 0.458. The summed E-state index contributed by atoms with van der Waals surface area (Å²) in [6, 6.07) is 18.0. The predicted octanol–water partition coefficient (Wildman–Crippen LogP) is 4.11. The van der Waals surface area contributed by atoms with Gasteiger partial charge in [0.25, 0.3) is 0 Å². The molecule has 0 radical (unpaired) electrons. The van der Waals surface area contributed by atoms with Gasteiger partial charge in [-0.05, 0) is 56.0 Å². The number of carbonyl (C=O) groups excluding carboxylic acids is 1. The minimum atomic E-state index is -0.0338. The smallest absolute Gasteiger partial charge is 0.220 e. The Morgan fingerprint density at radius 1 is 1.00 bits per heavy atom. The van der Waals surface area contributed by atoms with E-state index in [1.54, 1.807) is 0 Å². The van der Waals surface area contributed by atoms with E-state index in [-0.39, 0.29) is 11.3 Å². The van der Waals surface area contributed by atoms with Gasteiger partial charge in [-0.25, -0.2) is 0 Å². The Bertz CT molecular complexity index is 739. The quantitative estimate of drug-likeness (QED) is 0.613. The van der Waals surface area contributed by atoms with E-state index >= 15 is 0 Å². The number of hydrogen-bond acceptors (Lipinski definition) is 4. The first-order valence-corrected chi connectivity index (χ1v) is 10.5. The van der Waals surface area contributed by atoms with Gasteiger partial charge < -0.3 is 19.5 Å². The number of nitrogens with one attached hydrogen (secondary N) is 1. The van der Waals surface area contributed by atoms with E-state index < -0.39 is 0 Å². The molecule has 1 saturated heterocycles. The Labute approximate surface area is 173 Å². The highest BCUT2D eigenvalue weighted by Crippen LogP contribution is 2.34. The summed E-state index contributed by atoms with van der Waals surface area (Å²) in [4.78, 5) is 12.4. The first-order chi connectivity index (χ1) is 14.2. The van der Waals surface area contributed by atoms with Crippen molar-refractivity contribution in [2.24, 2.45) is 0 Å². The zero-order valence-corrected chi connectivity index (χ0v) is 17.2. The molecule has 0 spiro atoms. The molecule has 0 aliphatic carbocycles. The molecule has 3 rings (SSSR count). The maximum Gasteiger partial charge on any atom is 0.220 e. The van der Waals surface area contributed by atoms with Crippen LogP contribution in [0.3, 0.4) is 0 Å². The van der Waals surface area contributed by atoms with Crippen molar-refractivity contribution in [1.29, 1.82) is 0 Å². The summed E-state index contributed by atoms with van der Waals surface area (Å²) in [5.41, 5.74) is 1.25. The summed E-state index contributed by atoms with van der Waals surface area (Å²) in [5.74, 6) is 1.70. The van der Waals surface area contributed by atoms with Crippen molar-refractivity contribution in [3.63, 3.8) is 0 Å². The van der Waals surface area contributed by atoms with E-state index in [0.29, 0.717) is 32.6 Å². The molecule has 5 nitrogen and oxygen atoms in total. The summed E-state index contributed by atoms with van der Waals surface area (Å²) in [6.07, 6.45) is 3.00. The van der Waals surface area contributed by atoms with E-state index in [1.165, 1.54) is 5.56 Å². The zero-order valence-electron chi connectivity index (χ0n) is 17.2. The number of amides is 1. The number of benzene rings is 2. The summed E-state index contributed by atoms with van der Waals surface area (Å²) < 4.78 is 16.7. The van der Waals surface area contributed by atoms with E-state index in [9.17, 15) is 4.79 Å². The third-order valence-electron chi connectivity index (χ3n) is 5.41. The van der Waals surface area contributed by atoms with Gasteiger partial charge >= 0.3 is 0 Å². The second-order valence-corrected chi connectivity index (χ2v) is 7.39. The first kappa shape index (κ1) is 21.2. The van der Waals surface area contributed by atoms with Gasteiger partial charge in [0.05, 0.1) is 13.2 Å². The highest BCUT2D eigenvalue weighted by atomic mass is 16.5. The number of hydrogen-bond donors (Lipinski definition) is 1. The Morgan fingerprint density at radius 3 is 2.31 bits per heavy atom. The summed E-state index contributed by atoms with van der Waals surface area (Å²) in [7, 11) is 0. The summed E-state index contributed by atoms with van der Waals surface area (Å²) in [6.45, 7) is 5.24. The van der Waals surface area contributed by atoms with Crippen molar-refractivity contribution in [3.05, 3.63) is 60.2 Å². The topological polar surface area (TPSA) is 56.8 Å². The van der Waals surface area contributed by atoms with Gasteiger partial charge in [-0.2, -0.15) is 0 Å². The Kier molecular flexibility index (Phi) is 7.94. The second kappa shape index (κ2) is 10.9. The van der Waals surface area contributed by atoms with Crippen LogP contribution in [0.25, 0.3) is 0 Å². The van der Waals surface area contributed by atoms with Crippen molar-refractivity contribution < 1.29 is 19.0 Å². The van der Waals surface area contributed by atoms with Gasteiger partial charge in [-0.3, -0.25) is 4.79 Å². The lowest BCUT2D eigenvalue weighted by molar-refractivity contribution is -0.121. The molecule has 1 heterocycles. The Hall–Kier alpha value is -2.53. The molecule has 5 heteroatoms. The van der Waals surface area contributed by atoms with Crippen molar-refractivity contribution >= 4 is 5.91 Å². The molecule has 1 N–H and O–H groups in total. The van der Waals surface area contributed by atoms with Gasteiger partial charge in [0.15, 0.2) is 0 Å². The first-order valence-electron chi connectivity index (χ1n) is 10.5. The van der Waals surface area contributed by atoms with Gasteiger partial charge in [0.1, 0.15) is 11.5 Å². The number of rotatable bonds is 10. The van der Waals surface area contributed by atoms with Crippen molar-refractivity contribution in [3.8, 4) is 11.5 Å². The van der Waals surface area contributed by atoms with Gasteiger partial charge in [-0.15, -0.1) is 0 Å². The molecule has 0 bridgehead atoms. The van der Waals surface area contributed by atoms with Crippen LogP contribution in [0.2, 0.25) is 0 Å². The Morgan fingerprint density at radius 2 is 1.66 bits per heavy atom. The van der Waals surface area contributed by atoms with Crippen LogP contribution in [0.5, 0.6) is 11.5 Å². The fourth-order valence-corrected chi connectivity index (χ4v) is 3.70. The lowest BCUT2D eigenvalue weighted by Crippen LogP contribution is -2.44. The highest BCUT2D eigenvalue weighted by molar-refractivity contribution is 5.76. The zero-order chi connectivity index (χ0) is 20.4. The van der Waals surface area contributed by atoms with E-state index in [1.807, 2.05) is 37.3 Å². The molecule has 0 aromatic heterocycles. The fourth-order valence-electron chi connectivity index (χ4n) is 3.70. The predicted molar refractivity (Wildman–Crippen MR) is 114 cm³/mol. The van der Waals surface area contributed by atoms with Gasteiger partial charge in [-0.1, -0.05) is 30.3 Å². The van der Waals surface area contributed by atoms with Gasteiger partial charge in [0.2, 0.25) is 5.91 Å². The molecule has 0 saturated carbocycles. The molecule has 29 heavy (non-hydrogen) atoms. The Balaban J connectivity index is 1.41. The van der Waals surface area contributed by atoms with E-state index in [4.69, 9.17) is 14.2 Å². The molecule has 156 valence electrons. The van der Waals surface area contributed by atoms with E-state index in [2.05, 4.69) is 29.6 Å². The van der Waals surface area contributed by atoms with Crippen molar-refractivity contribution in [1.82, 2.24) is 5.32 Å². The molecule has 2 aromatic carbocycles. The van der Waals surface area contributed by atoms with Crippen LogP contribution >= 0.6 is 0 Å². The largest absolute Gasteiger partial charge is 0.494 e. The van der Waals surface area contributed by atoms with Crippen LogP contribution in [0.4, 0.5) is 0 Å². The summed E-state index contributed by atoms with van der Waals surface area (Å²) in [5, 5.41) is 3.15. The normalized spacial score (nSPS) is 15.5. The van der Waals surface area contributed by atoms with Crippen LogP contribution < -0.4 is 14.8 Å². The summed E-state index contributed by atoms with van der Waals surface area (Å²) >= 11 is 0. The minimum absolute atomic E-state index is 0.0338. The molecular formula is C24H31NO4. The molecule has 1 fully saturated rings. The van der Waals surface area contributed by atoms with Gasteiger partial charge in [0, 0.05) is 31.6 Å². The molecule has 2 aromatic rings. The minimum Gasteiger partial charge on any atom is -0.494 e. The molecule has 0 unspecified atom stereocenters. The number of carbonyl (C=O) groups is 1. The lowest BCUT2D eigenvalue weighted by Gasteiger charge is -2.38. The third-order valence-corrected chi connectivity index (χ3v) is 5.41. The van der Waals surface area contributed by atoms with Crippen LogP contribution in [-0.4, -0.2) is 38.9 Å². The van der Waals surface area contributed by atoms with Crippen LogP contribution in [0.15, 0.2) is 54.6 Å². The SMILES string of the molecule is CCOc1ccc(OCCCC(=O)NCC2(c3ccccc3)CCOCC2)cc1. The average Bonchev–Trinajstić information content (AvgIpc) is 2.78. The molecule has 1 aliphatic rings. The second-order valence-electron chi connectivity index (χ2n) is 7.39. The van der Waals surface area contributed by atoms with E-state index in [0.717, 1.165) is 37.6 Å². The highest BCUT2D eigenvalue weighted by Gasteiger charge is 2.34. The van der Waals surface area contributed by atoms with Crippen LogP contribution in [-0.2, 0) is 14.9 Å². The number of ether oxygens (including phenoxy) is 3. The van der Waals surface area contributed by atoms with Crippen molar-refractivity contribution in [2.75, 3.05) is 33.0 Å². The van der Waals surface area contributed by atoms with Crippen LogP contribution in [0, 0.1) is 0 Å². The van der Waals surface area contributed by atoms with Crippen LogP contribution in [0.1, 0.15) is 38.2 Å². The van der Waals surface area contributed by atoms with Crippen molar-refractivity contribution in [2.45, 2.75) is 38.0 Å². The lowest BCUT2D eigenvalue weighted by atomic mass is 9.74. The third kappa shape index (κ3) is 6.23. The maximum atomic E-state index is 12.4.